The molecule has 4 rings (SSSR count). The zero-order chi connectivity index (χ0) is 22.2. The minimum atomic E-state index is -0.477. The standard InChI is InChI=1S/C26H28N2O3/c1-17-6-10-20(11-7-17)28-18(2)14-22-23(15-26(3,4)16-24(22)28)27-31-25(29)19-8-12-21(30-5)13-9-19/h6-14H,15-16H2,1-5H3/b27-23+. The van der Waals surface area contributed by atoms with E-state index in [-0.39, 0.29) is 5.41 Å². The van der Waals surface area contributed by atoms with Gasteiger partial charge in [0.15, 0.2) is 0 Å². The minimum absolute atomic E-state index is 0.00555. The number of methoxy groups -OCH3 is 1. The molecule has 0 N–H and O–H groups in total. The molecule has 1 heterocycles. The molecule has 0 spiro atoms. The summed E-state index contributed by atoms with van der Waals surface area (Å²) in [6.07, 6.45) is 1.67. The van der Waals surface area contributed by atoms with Crippen molar-refractivity contribution in [3.63, 3.8) is 0 Å². The zero-order valence-corrected chi connectivity index (χ0v) is 18.7. The highest BCUT2D eigenvalue weighted by Crippen LogP contribution is 2.38. The number of ether oxygens (including phenoxy) is 1. The van der Waals surface area contributed by atoms with Gasteiger partial charge in [0.25, 0.3) is 0 Å². The predicted molar refractivity (Wildman–Crippen MR) is 122 cm³/mol. The van der Waals surface area contributed by atoms with E-state index in [1.165, 1.54) is 11.3 Å². The van der Waals surface area contributed by atoms with E-state index in [1.54, 1.807) is 31.4 Å². The molecular formula is C26H28N2O3. The van der Waals surface area contributed by atoms with E-state index in [1.807, 2.05) is 0 Å². The molecule has 0 atom stereocenters. The van der Waals surface area contributed by atoms with Crippen LogP contribution < -0.4 is 4.74 Å². The normalized spacial score (nSPS) is 16.1. The van der Waals surface area contributed by atoms with Gasteiger partial charge in [0.1, 0.15) is 5.75 Å². The first-order valence-corrected chi connectivity index (χ1v) is 10.5. The van der Waals surface area contributed by atoms with Crippen LogP contribution in [0.25, 0.3) is 5.69 Å². The van der Waals surface area contributed by atoms with Crippen LogP contribution >= 0.6 is 0 Å². The van der Waals surface area contributed by atoms with Gasteiger partial charge in [-0.25, -0.2) is 4.79 Å². The summed E-state index contributed by atoms with van der Waals surface area (Å²) in [5.74, 6) is 0.212. The third-order valence-corrected chi connectivity index (χ3v) is 5.75. The van der Waals surface area contributed by atoms with Crippen LogP contribution in [0.2, 0.25) is 0 Å². The summed E-state index contributed by atoms with van der Waals surface area (Å²) in [5.41, 5.74) is 7.02. The molecule has 0 fully saturated rings. The van der Waals surface area contributed by atoms with Crippen LogP contribution in [-0.4, -0.2) is 23.4 Å². The van der Waals surface area contributed by atoms with Crippen LogP contribution in [-0.2, 0) is 11.3 Å². The lowest BCUT2D eigenvalue weighted by molar-refractivity contribution is 0.0514. The number of fused-ring (bicyclic) bond motifs is 1. The van der Waals surface area contributed by atoms with E-state index in [4.69, 9.17) is 9.57 Å². The van der Waals surface area contributed by atoms with Crippen LogP contribution in [0.5, 0.6) is 5.75 Å². The lowest BCUT2D eigenvalue weighted by Gasteiger charge is -2.31. The Hall–Kier alpha value is -3.34. The van der Waals surface area contributed by atoms with E-state index < -0.39 is 5.97 Å². The molecule has 5 heteroatoms. The molecule has 5 nitrogen and oxygen atoms in total. The second-order valence-electron chi connectivity index (χ2n) is 8.98. The van der Waals surface area contributed by atoms with Crippen LogP contribution in [0.15, 0.2) is 59.8 Å². The van der Waals surface area contributed by atoms with Crippen molar-refractivity contribution in [2.45, 2.75) is 40.5 Å². The molecular weight excluding hydrogens is 388 g/mol. The number of aromatic nitrogens is 1. The summed E-state index contributed by atoms with van der Waals surface area (Å²) in [7, 11) is 1.59. The molecule has 0 amide bonds. The fourth-order valence-electron chi connectivity index (χ4n) is 4.19. The van der Waals surface area contributed by atoms with Gasteiger partial charge in [-0.3, -0.25) is 0 Å². The summed E-state index contributed by atoms with van der Waals surface area (Å²) in [5, 5.41) is 4.32. The Balaban J connectivity index is 1.68. The van der Waals surface area contributed by atoms with Crippen LogP contribution in [0.1, 0.15) is 53.1 Å². The van der Waals surface area contributed by atoms with Crippen molar-refractivity contribution in [1.82, 2.24) is 4.57 Å². The second-order valence-corrected chi connectivity index (χ2v) is 8.98. The van der Waals surface area contributed by atoms with Crippen molar-refractivity contribution in [1.29, 1.82) is 0 Å². The van der Waals surface area contributed by atoms with E-state index >= 15 is 0 Å². The highest BCUT2D eigenvalue weighted by Gasteiger charge is 2.33. The molecule has 0 saturated carbocycles. The Bertz CT molecular complexity index is 1140. The van der Waals surface area contributed by atoms with Crippen molar-refractivity contribution in [3.05, 3.63) is 82.7 Å². The number of carbonyl (C=O) groups excluding carboxylic acids is 1. The molecule has 31 heavy (non-hydrogen) atoms. The highest BCUT2D eigenvalue weighted by atomic mass is 16.7. The zero-order valence-electron chi connectivity index (χ0n) is 18.7. The maximum atomic E-state index is 12.5. The fourth-order valence-corrected chi connectivity index (χ4v) is 4.19. The number of carbonyl (C=O) groups is 1. The Labute approximate surface area is 183 Å². The lowest BCUT2D eigenvalue weighted by Crippen LogP contribution is -2.28. The van der Waals surface area contributed by atoms with Crippen molar-refractivity contribution >= 4 is 11.7 Å². The third kappa shape index (κ3) is 4.26. The van der Waals surface area contributed by atoms with Gasteiger partial charge in [0, 0.05) is 22.6 Å². The third-order valence-electron chi connectivity index (χ3n) is 5.75. The first-order chi connectivity index (χ1) is 14.8. The Morgan fingerprint density at radius 1 is 1.00 bits per heavy atom. The highest BCUT2D eigenvalue weighted by molar-refractivity contribution is 6.03. The number of hydrogen-bond acceptors (Lipinski definition) is 4. The van der Waals surface area contributed by atoms with Crippen molar-refractivity contribution in [2.24, 2.45) is 10.6 Å². The summed E-state index contributed by atoms with van der Waals surface area (Å²) < 4.78 is 7.43. The molecule has 0 saturated heterocycles. The molecule has 0 aliphatic heterocycles. The summed E-state index contributed by atoms with van der Waals surface area (Å²) >= 11 is 0. The van der Waals surface area contributed by atoms with Gasteiger partial charge in [-0.15, -0.1) is 0 Å². The first-order valence-electron chi connectivity index (χ1n) is 10.5. The SMILES string of the molecule is COc1ccc(C(=O)O/N=C2\CC(C)(C)Cc3c2cc(C)n3-c2ccc(C)cc2)cc1. The predicted octanol–water partition coefficient (Wildman–Crippen LogP) is 5.64. The van der Waals surface area contributed by atoms with E-state index in [0.29, 0.717) is 11.3 Å². The number of hydrogen-bond donors (Lipinski definition) is 0. The maximum absolute atomic E-state index is 12.5. The smallest absolute Gasteiger partial charge is 0.365 e. The van der Waals surface area contributed by atoms with Gasteiger partial charge in [-0.05, 0) is 74.6 Å². The molecule has 2 aromatic carbocycles. The number of nitrogens with zero attached hydrogens (tertiary/aromatic N) is 2. The van der Waals surface area contributed by atoms with E-state index in [9.17, 15) is 4.79 Å². The van der Waals surface area contributed by atoms with Crippen molar-refractivity contribution in [2.75, 3.05) is 7.11 Å². The van der Waals surface area contributed by atoms with E-state index in [0.717, 1.165) is 35.5 Å². The maximum Gasteiger partial charge on any atom is 0.365 e. The topological polar surface area (TPSA) is 52.8 Å². The molecule has 0 radical (unpaired) electrons. The monoisotopic (exact) mass is 416 g/mol. The van der Waals surface area contributed by atoms with Crippen molar-refractivity contribution < 1.29 is 14.4 Å². The van der Waals surface area contributed by atoms with Gasteiger partial charge in [0.2, 0.25) is 0 Å². The molecule has 0 bridgehead atoms. The van der Waals surface area contributed by atoms with Crippen LogP contribution in [0.3, 0.4) is 0 Å². The largest absolute Gasteiger partial charge is 0.497 e. The molecule has 1 aliphatic carbocycles. The summed E-state index contributed by atoms with van der Waals surface area (Å²) in [6.45, 7) is 8.64. The molecule has 1 aliphatic rings. The fraction of sp³-hybridized carbons (Fsp3) is 0.308. The second kappa shape index (κ2) is 8.06. The number of benzene rings is 2. The number of oxime groups is 1. The van der Waals surface area contributed by atoms with Gasteiger partial charge in [0.05, 0.1) is 18.4 Å². The lowest BCUT2D eigenvalue weighted by atomic mass is 9.76. The van der Waals surface area contributed by atoms with Gasteiger partial charge >= 0.3 is 5.97 Å². The molecule has 1 aromatic heterocycles. The van der Waals surface area contributed by atoms with Crippen LogP contribution in [0, 0.1) is 19.3 Å². The Kier molecular flexibility index (Phi) is 5.44. The molecule has 3 aromatic rings. The summed E-state index contributed by atoms with van der Waals surface area (Å²) in [6, 6.07) is 17.5. The van der Waals surface area contributed by atoms with Gasteiger partial charge < -0.3 is 14.1 Å². The Morgan fingerprint density at radius 2 is 1.68 bits per heavy atom. The average molecular weight is 417 g/mol. The first kappa shape index (κ1) is 20.9. The number of rotatable bonds is 4. The van der Waals surface area contributed by atoms with Crippen molar-refractivity contribution in [3.8, 4) is 11.4 Å². The van der Waals surface area contributed by atoms with Crippen LogP contribution in [0.4, 0.5) is 0 Å². The number of aryl methyl sites for hydroxylation is 2. The van der Waals surface area contributed by atoms with Gasteiger partial charge in [-0.2, -0.15) is 0 Å². The van der Waals surface area contributed by atoms with Gasteiger partial charge in [-0.1, -0.05) is 36.7 Å². The van der Waals surface area contributed by atoms with E-state index in [2.05, 4.69) is 67.7 Å². The molecule has 160 valence electrons. The minimum Gasteiger partial charge on any atom is -0.497 e. The molecule has 0 unspecified atom stereocenters. The average Bonchev–Trinajstić information content (AvgIpc) is 3.07. The Morgan fingerprint density at radius 3 is 2.32 bits per heavy atom. The summed E-state index contributed by atoms with van der Waals surface area (Å²) in [4.78, 5) is 17.9. The quantitative estimate of drug-likeness (QED) is 0.409.